The standard InChI is InChI=1S/C15H15BrClFO/c16-9-4-3-8(14(18)13(9)17)15(19)12-10-6-1-2-7(5-6)11(10)12/h3-4,6-7,10-12,15,19H,1-2,5H2. The average Bonchev–Trinajstić information content (AvgIpc) is 2.84. The van der Waals surface area contributed by atoms with Gasteiger partial charge in [-0.25, -0.2) is 4.39 Å². The van der Waals surface area contributed by atoms with Crippen molar-refractivity contribution in [3.63, 3.8) is 0 Å². The van der Waals surface area contributed by atoms with E-state index in [1.54, 1.807) is 12.1 Å². The molecule has 4 rings (SSSR count). The van der Waals surface area contributed by atoms with E-state index in [0.717, 1.165) is 11.8 Å². The van der Waals surface area contributed by atoms with Gasteiger partial charge in [0.25, 0.3) is 0 Å². The van der Waals surface area contributed by atoms with Gasteiger partial charge < -0.3 is 5.11 Å². The molecule has 4 heteroatoms. The monoisotopic (exact) mass is 344 g/mol. The number of aliphatic hydroxyl groups excluding tert-OH is 1. The van der Waals surface area contributed by atoms with Crippen LogP contribution in [0.5, 0.6) is 0 Å². The van der Waals surface area contributed by atoms with Crippen molar-refractivity contribution in [1.29, 1.82) is 0 Å². The van der Waals surface area contributed by atoms with Crippen LogP contribution in [0.3, 0.4) is 0 Å². The maximum absolute atomic E-state index is 14.2. The van der Waals surface area contributed by atoms with Crippen LogP contribution in [0, 0.1) is 35.4 Å². The topological polar surface area (TPSA) is 20.2 Å². The summed E-state index contributed by atoms with van der Waals surface area (Å²) in [4.78, 5) is 0. The van der Waals surface area contributed by atoms with Gasteiger partial charge in [0.1, 0.15) is 5.82 Å². The highest BCUT2D eigenvalue weighted by molar-refractivity contribution is 9.10. The van der Waals surface area contributed by atoms with E-state index in [2.05, 4.69) is 15.9 Å². The van der Waals surface area contributed by atoms with Crippen LogP contribution in [-0.2, 0) is 0 Å². The van der Waals surface area contributed by atoms with Crippen molar-refractivity contribution in [1.82, 2.24) is 0 Å². The van der Waals surface area contributed by atoms with Gasteiger partial charge >= 0.3 is 0 Å². The van der Waals surface area contributed by atoms with Gasteiger partial charge in [0.2, 0.25) is 0 Å². The molecular formula is C15H15BrClFO. The number of rotatable bonds is 2. The Balaban J connectivity index is 1.63. The molecule has 0 saturated heterocycles. The van der Waals surface area contributed by atoms with E-state index in [1.165, 1.54) is 19.3 Å². The molecule has 3 fully saturated rings. The molecule has 0 aromatic heterocycles. The Morgan fingerprint density at radius 1 is 1.26 bits per heavy atom. The van der Waals surface area contributed by atoms with Gasteiger partial charge in [-0.2, -0.15) is 0 Å². The zero-order valence-corrected chi connectivity index (χ0v) is 12.7. The number of aliphatic hydroxyl groups is 1. The summed E-state index contributed by atoms with van der Waals surface area (Å²) in [5.74, 6) is 2.62. The lowest BCUT2D eigenvalue weighted by molar-refractivity contribution is 0.126. The first kappa shape index (κ1) is 12.6. The fourth-order valence-corrected chi connectivity index (χ4v) is 5.27. The van der Waals surface area contributed by atoms with Gasteiger partial charge in [0.15, 0.2) is 0 Å². The number of fused-ring (bicyclic) bond motifs is 5. The summed E-state index contributed by atoms with van der Waals surface area (Å²) in [6.45, 7) is 0. The summed E-state index contributed by atoms with van der Waals surface area (Å²) in [7, 11) is 0. The van der Waals surface area contributed by atoms with Gasteiger partial charge in [-0.1, -0.05) is 17.7 Å². The minimum absolute atomic E-state index is 0.0744. The maximum Gasteiger partial charge on any atom is 0.148 e. The van der Waals surface area contributed by atoms with E-state index in [1.807, 2.05) is 0 Å². The highest BCUT2D eigenvalue weighted by Crippen LogP contribution is 2.72. The second-order valence-corrected chi connectivity index (χ2v) is 7.51. The predicted molar refractivity (Wildman–Crippen MR) is 75.4 cm³/mol. The molecule has 1 nitrogen and oxygen atoms in total. The Morgan fingerprint density at radius 2 is 1.89 bits per heavy atom. The summed E-state index contributed by atoms with van der Waals surface area (Å²) >= 11 is 9.12. The second kappa shape index (κ2) is 4.19. The van der Waals surface area contributed by atoms with Crippen LogP contribution in [0.2, 0.25) is 5.02 Å². The summed E-state index contributed by atoms with van der Waals surface area (Å²) < 4.78 is 14.7. The molecule has 0 amide bonds. The van der Waals surface area contributed by atoms with Crippen LogP contribution < -0.4 is 0 Å². The van der Waals surface area contributed by atoms with Crippen LogP contribution in [0.4, 0.5) is 4.39 Å². The van der Waals surface area contributed by atoms with Crippen LogP contribution in [0.1, 0.15) is 30.9 Å². The lowest BCUT2D eigenvalue weighted by Crippen LogP contribution is -2.10. The van der Waals surface area contributed by atoms with Crippen molar-refractivity contribution in [2.75, 3.05) is 0 Å². The fraction of sp³-hybridized carbons (Fsp3) is 0.600. The first-order valence-electron chi connectivity index (χ1n) is 6.91. The summed E-state index contributed by atoms with van der Waals surface area (Å²) in [6.07, 6.45) is 3.25. The molecule has 0 radical (unpaired) electrons. The summed E-state index contributed by atoms with van der Waals surface area (Å²) in [6, 6.07) is 3.38. The van der Waals surface area contributed by atoms with Crippen molar-refractivity contribution in [3.05, 3.63) is 33.0 Å². The largest absolute Gasteiger partial charge is 0.388 e. The molecule has 2 bridgehead atoms. The van der Waals surface area contributed by atoms with Crippen LogP contribution in [0.25, 0.3) is 0 Å². The first-order chi connectivity index (χ1) is 9.09. The van der Waals surface area contributed by atoms with Crippen molar-refractivity contribution >= 4 is 27.5 Å². The van der Waals surface area contributed by atoms with Crippen LogP contribution in [0.15, 0.2) is 16.6 Å². The van der Waals surface area contributed by atoms with Gasteiger partial charge in [-0.3, -0.25) is 0 Å². The lowest BCUT2D eigenvalue weighted by atomic mass is 9.95. The minimum Gasteiger partial charge on any atom is -0.388 e. The third-order valence-corrected chi connectivity index (χ3v) is 6.80. The minimum atomic E-state index is -0.691. The third-order valence-electron chi connectivity index (χ3n) is 5.54. The zero-order chi connectivity index (χ0) is 13.3. The normalized spacial score (nSPS) is 40.3. The lowest BCUT2D eigenvalue weighted by Gasteiger charge is -2.17. The molecular weight excluding hydrogens is 331 g/mol. The molecule has 0 heterocycles. The quantitative estimate of drug-likeness (QED) is 0.779. The molecule has 102 valence electrons. The van der Waals surface area contributed by atoms with Gasteiger partial charge in [-0.05, 0) is 70.8 Å². The molecule has 3 saturated carbocycles. The van der Waals surface area contributed by atoms with Crippen LogP contribution >= 0.6 is 27.5 Å². The number of halogens is 3. The molecule has 1 N–H and O–H groups in total. The van der Waals surface area contributed by atoms with E-state index in [0.29, 0.717) is 21.9 Å². The second-order valence-electron chi connectivity index (χ2n) is 6.27. The van der Waals surface area contributed by atoms with Gasteiger partial charge in [-0.15, -0.1) is 0 Å². The first-order valence-corrected chi connectivity index (χ1v) is 8.08. The fourth-order valence-electron chi connectivity index (χ4n) is 4.79. The molecule has 1 aromatic rings. The van der Waals surface area contributed by atoms with Gasteiger partial charge in [0.05, 0.1) is 11.1 Å². The highest BCUT2D eigenvalue weighted by atomic mass is 79.9. The molecule has 3 aliphatic rings. The Hall–Kier alpha value is -0.120. The number of hydrogen-bond donors (Lipinski definition) is 1. The molecule has 5 unspecified atom stereocenters. The van der Waals surface area contributed by atoms with Gasteiger partial charge in [0, 0.05) is 10.0 Å². The molecule has 0 spiro atoms. The smallest absolute Gasteiger partial charge is 0.148 e. The maximum atomic E-state index is 14.2. The molecule has 1 aromatic carbocycles. The number of hydrogen-bond acceptors (Lipinski definition) is 1. The van der Waals surface area contributed by atoms with E-state index in [-0.39, 0.29) is 10.9 Å². The summed E-state index contributed by atoms with van der Waals surface area (Å²) in [5, 5.41) is 10.6. The van der Waals surface area contributed by atoms with Crippen molar-refractivity contribution in [2.24, 2.45) is 29.6 Å². The average molecular weight is 346 g/mol. The van der Waals surface area contributed by atoms with E-state index in [4.69, 9.17) is 11.6 Å². The molecule has 19 heavy (non-hydrogen) atoms. The van der Waals surface area contributed by atoms with Crippen molar-refractivity contribution in [3.8, 4) is 0 Å². The number of benzene rings is 1. The van der Waals surface area contributed by atoms with Crippen molar-refractivity contribution < 1.29 is 9.50 Å². The van der Waals surface area contributed by atoms with Crippen LogP contribution in [-0.4, -0.2) is 5.11 Å². The Morgan fingerprint density at radius 3 is 2.53 bits per heavy atom. The SMILES string of the molecule is OC(c1ccc(Br)c(Cl)c1F)C1C2C3CCC(C3)C21. The predicted octanol–water partition coefficient (Wildman–Crippen LogP) is 4.57. The highest BCUT2D eigenvalue weighted by Gasteiger charge is 2.66. The Bertz CT molecular complexity index is 533. The van der Waals surface area contributed by atoms with Crippen molar-refractivity contribution in [2.45, 2.75) is 25.4 Å². The Kier molecular flexibility index (Phi) is 2.78. The molecule has 5 atom stereocenters. The Labute approximate surface area is 125 Å². The van der Waals surface area contributed by atoms with E-state index >= 15 is 0 Å². The molecule has 3 aliphatic carbocycles. The third kappa shape index (κ3) is 1.68. The van der Waals surface area contributed by atoms with E-state index in [9.17, 15) is 9.50 Å². The van der Waals surface area contributed by atoms with E-state index < -0.39 is 11.9 Å². The summed E-state index contributed by atoms with van der Waals surface area (Å²) in [5.41, 5.74) is 0.368. The molecule has 0 aliphatic heterocycles. The zero-order valence-electron chi connectivity index (χ0n) is 10.3.